The number of rotatable bonds is 2. The van der Waals surface area contributed by atoms with Gasteiger partial charge in [0.05, 0.1) is 10.9 Å². The number of fused-ring (bicyclic) bond motifs is 2. The second-order valence-corrected chi connectivity index (χ2v) is 5.79. The molecule has 2 aliphatic rings. The lowest BCUT2D eigenvalue weighted by molar-refractivity contribution is 0.0697. The van der Waals surface area contributed by atoms with E-state index in [0.717, 1.165) is 16.5 Å². The van der Waals surface area contributed by atoms with Crippen LogP contribution >= 0.6 is 0 Å². The molecule has 1 aliphatic heterocycles. The maximum Gasteiger partial charge on any atom is 0.336 e. The number of carbonyl (C=O) groups is 1. The quantitative estimate of drug-likeness (QED) is 0.382. The SMILES string of the molecule is N=c1ccc2c(-c3ccccc3C(=O)O)c3ccc(N)cc3oc-2c1. The lowest BCUT2D eigenvalue weighted by Gasteiger charge is -2.16. The van der Waals surface area contributed by atoms with E-state index >= 15 is 0 Å². The minimum Gasteiger partial charge on any atom is -0.478 e. The van der Waals surface area contributed by atoms with Crippen LogP contribution in [0.3, 0.4) is 0 Å². The normalized spacial score (nSPS) is 11.0. The van der Waals surface area contributed by atoms with Crippen LogP contribution in [-0.2, 0) is 0 Å². The summed E-state index contributed by atoms with van der Waals surface area (Å²) in [5, 5.41) is 18.5. The van der Waals surface area contributed by atoms with Crippen molar-refractivity contribution in [2.24, 2.45) is 0 Å². The Morgan fingerprint density at radius 2 is 1.80 bits per heavy atom. The van der Waals surface area contributed by atoms with Crippen molar-refractivity contribution in [3.8, 4) is 22.5 Å². The van der Waals surface area contributed by atoms with Crippen molar-refractivity contribution < 1.29 is 14.3 Å². The van der Waals surface area contributed by atoms with Crippen molar-refractivity contribution in [3.05, 3.63) is 71.6 Å². The van der Waals surface area contributed by atoms with Gasteiger partial charge in [0.1, 0.15) is 11.3 Å². The fourth-order valence-electron chi connectivity index (χ4n) is 3.08. The van der Waals surface area contributed by atoms with Gasteiger partial charge in [0.25, 0.3) is 0 Å². The van der Waals surface area contributed by atoms with Gasteiger partial charge in [-0.2, -0.15) is 0 Å². The van der Waals surface area contributed by atoms with Crippen LogP contribution in [0.2, 0.25) is 0 Å². The van der Waals surface area contributed by atoms with Crippen LogP contribution in [-0.4, -0.2) is 11.1 Å². The molecule has 1 aliphatic carbocycles. The molecule has 0 saturated heterocycles. The highest BCUT2D eigenvalue weighted by Crippen LogP contribution is 2.41. The maximum absolute atomic E-state index is 11.7. The van der Waals surface area contributed by atoms with Gasteiger partial charge in [0.2, 0.25) is 0 Å². The third kappa shape index (κ3) is 2.42. The van der Waals surface area contributed by atoms with Crippen LogP contribution in [0.5, 0.6) is 0 Å². The summed E-state index contributed by atoms with van der Waals surface area (Å²) < 4.78 is 5.92. The molecule has 0 aromatic heterocycles. The molecular formula is C20H14N2O3. The highest BCUT2D eigenvalue weighted by molar-refractivity contribution is 6.07. The summed E-state index contributed by atoms with van der Waals surface area (Å²) in [4.78, 5) is 11.7. The van der Waals surface area contributed by atoms with E-state index in [1.54, 1.807) is 54.6 Å². The number of anilines is 1. The van der Waals surface area contributed by atoms with Gasteiger partial charge < -0.3 is 20.7 Å². The Hall–Kier alpha value is -3.60. The number of benzene rings is 3. The highest BCUT2D eigenvalue weighted by atomic mass is 16.4. The summed E-state index contributed by atoms with van der Waals surface area (Å²) in [5.41, 5.74) is 9.30. The van der Waals surface area contributed by atoms with E-state index in [9.17, 15) is 9.90 Å². The number of hydrogen-bond donors (Lipinski definition) is 3. The van der Waals surface area contributed by atoms with E-state index < -0.39 is 5.97 Å². The van der Waals surface area contributed by atoms with Gasteiger partial charge in [0, 0.05) is 34.3 Å². The number of carboxylic acids is 1. The van der Waals surface area contributed by atoms with Crippen molar-refractivity contribution in [1.29, 1.82) is 5.41 Å². The van der Waals surface area contributed by atoms with Crippen molar-refractivity contribution >= 4 is 22.6 Å². The van der Waals surface area contributed by atoms with Gasteiger partial charge in [-0.15, -0.1) is 0 Å². The first-order valence-corrected chi connectivity index (χ1v) is 7.68. The summed E-state index contributed by atoms with van der Waals surface area (Å²) in [7, 11) is 0. The molecule has 0 amide bonds. The van der Waals surface area contributed by atoms with E-state index in [1.165, 1.54) is 0 Å². The van der Waals surface area contributed by atoms with Crippen LogP contribution in [0.25, 0.3) is 33.4 Å². The summed E-state index contributed by atoms with van der Waals surface area (Å²) in [6, 6.07) is 17.2. The number of aromatic carboxylic acids is 1. The Morgan fingerprint density at radius 1 is 1.00 bits per heavy atom. The Kier molecular flexibility index (Phi) is 3.28. The van der Waals surface area contributed by atoms with Gasteiger partial charge in [-0.25, -0.2) is 4.79 Å². The molecule has 0 atom stereocenters. The van der Waals surface area contributed by atoms with E-state index in [0.29, 0.717) is 28.0 Å². The predicted molar refractivity (Wildman–Crippen MR) is 95.5 cm³/mol. The molecular weight excluding hydrogens is 316 g/mol. The molecule has 4 rings (SSSR count). The van der Waals surface area contributed by atoms with Crippen LogP contribution in [0.1, 0.15) is 10.4 Å². The van der Waals surface area contributed by atoms with Gasteiger partial charge in [-0.1, -0.05) is 18.2 Å². The Balaban J connectivity index is 2.22. The molecule has 0 saturated carbocycles. The van der Waals surface area contributed by atoms with Crippen molar-refractivity contribution in [3.63, 3.8) is 0 Å². The van der Waals surface area contributed by atoms with Gasteiger partial charge in [-0.05, 0) is 35.9 Å². The fourth-order valence-corrected chi connectivity index (χ4v) is 3.08. The third-order valence-corrected chi connectivity index (χ3v) is 4.17. The molecule has 5 nitrogen and oxygen atoms in total. The molecule has 0 unspecified atom stereocenters. The molecule has 0 spiro atoms. The number of nitrogens with one attached hydrogen (secondary N) is 1. The Labute approximate surface area is 142 Å². The molecule has 4 N–H and O–H groups in total. The number of nitrogen functional groups attached to an aromatic ring is 1. The molecule has 2 aromatic carbocycles. The van der Waals surface area contributed by atoms with Crippen molar-refractivity contribution in [2.45, 2.75) is 0 Å². The van der Waals surface area contributed by atoms with Gasteiger partial charge in [0.15, 0.2) is 0 Å². The zero-order valence-corrected chi connectivity index (χ0v) is 13.1. The number of nitrogens with two attached hydrogens (primary N) is 1. The Bertz CT molecular complexity index is 1160. The van der Waals surface area contributed by atoms with Crippen LogP contribution < -0.4 is 11.1 Å². The first-order chi connectivity index (χ1) is 12.0. The summed E-state index contributed by atoms with van der Waals surface area (Å²) >= 11 is 0. The predicted octanol–water partition coefficient (Wildman–Crippen LogP) is 3.96. The molecule has 0 radical (unpaired) electrons. The molecule has 122 valence electrons. The highest BCUT2D eigenvalue weighted by Gasteiger charge is 2.20. The summed E-state index contributed by atoms with van der Waals surface area (Å²) in [5.74, 6) is -0.481. The third-order valence-electron chi connectivity index (χ3n) is 4.17. The second kappa shape index (κ2) is 5.49. The lowest BCUT2D eigenvalue weighted by atomic mass is 9.91. The minimum absolute atomic E-state index is 0.211. The standard InChI is InChI=1S/C20H14N2O3/c21-11-5-7-15-17(9-11)25-18-10-12(22)6-8-16(18)19(15)13-3-1-2-4-14(13)20(23)24/h1-10,21H,22H2,(H,23,24). The smallest absolute Gasteiger partial charge is 0.336 e. The van der Waals surface area contributed by atoms with Gasteiger partial charge >= 0.3 is 5.97 Å². The van der Waals surface area contributed by atoms with Crippen LogP contribution in [0.15, 0.2) is 65.1 Å². The van der Waals surface area contributed by atoms with E-state index in [1.807, 2.05) is 6.07 Å². The molecule has 2 aromatic rings. The number of hydrogen-bond acceptors (Lipinski definition) is 4. The molecule has 1 heterocycles. The first-order valence-electron chi connectivity index (χ1n) is 7.68. The lowest BCUT2D eigenvalue weighted by Crippen LogP contribution is -2.03. The second-order valence-electron chi connectivity index (χ2n) is 5.79. The maximum atomic E-state index is 11.7. The van der Waals surface area contributed by atoms with Gasteiger partial charge in [-0.3, -0.25) is 0 Å². The van der Waals surface area contributed by atoms with Crippen LogP contribution in [0, 0.1) is 5.41 Å². The van der Waals surface area contributed by atoms with E-state index in [4.69, 9.17) is 15.6 Å². The molecule has 0 fully saturated rings. The van der Waals surface area contributed by atoms with E-state index in [-0.39, 0.29) is 5.56 Å². The monoisotopic (exact) mass is 330 g/mol. The summed E-state index contributed by atoms with van der Waals surface area (Å²) in [6.45, 7) is 0. The average Bonchev–Trinajstić information content (AvgIpc) is 2.59. The Morgan fingerprint density at radius 3 is 2.60 bits per heavy atom. The minimum atomic E-state index is -0.995. The molecule has 0 bridgehead atoms. The zero-order chi connectivity index (χ0) is 17.6. The topological polar surface area (TPSA) is 100 Å². The first kappa shape index (κ1) is 15.0. The molecule has 5 heteroatoms. The van der Waals surface area contributed by atoms with Crippen molar-refractivity contribution in [2.75, 3.05) is 5.73 Å². The zero-order valence-electron chi connectivity index (χ0n) is 13.1. The molecule has 25 heavy (non-hydrogen) atoms. The average molecular weight is 330 g/mol. The fraction of sp³-hybridized carbons (Fsp3) is 0. The number of carboxylic acid groups (broad SMARTS) is 1. The van der Waals surface area contributed by atoms with Crippen molar-refractivity contribution in [1.82, 2.24) is 0 Å². The summed E-state index contributed by atoms with van der Waals surface area (Å²) in [6.07, 6.45) is 0. The van der Waals surface area contributed by atoms with E-state index in [2.05, 4.69) is 0 Å². The van der Waals surface area contributed by atoms with Crippen LogP contribution in [0.4, 0.5) is 5.69 Å². The largest absolute Gasteiger partial charge is 0.478 e.